The molecule has 0 bridgehead atoms. The first-order valence-corrected chi connectivity index (χ1v) is 3.77. The predicted octanol–water partition coefficient (Wildman–Crippen LogP) is 2.14. The van der Waals surface area contributed by atoms with Gasteiger partial charge in [0.25, 0.3) is 0 Å². The van der Waals surface area contributed by atoms with E-state index < -0.39 is 0 Å². The Morgan fingerprint density at radius 1 is 1.08 bits per heavy atom. The lowest BCUT2D eigenvalue weighted by Gasteiger charge is -1.70. The fourth-order valence-electron chi connectivity index (χ4n) is 0.552. The van der Waals surface area contributed by atoms with Crippen molar-refractivity contribution < 1.29 is 0 Å². The second-order valence-corrected chi connectivity index (χ2v) is 2.34. The zero-order valence-corrected chi connectivity index (χ0v) is 7.07. The topological polar surface area (TPSA) is 41.6 Å². The summed E-state index contributed by atoms with van der Waals surface area (Å²) in [5.41, 5.74) is 0. The molecule has 2 rings (SSSR count). The Kier molecular flexibility index (Phi) is 3.88. The van der Waals surface area contributed by atoms with E-state index in [0.29, 0.717) is 5.15 Å². The molecular formula is C8H8ClN3. The molecule has 0 radical (unpaired) electrons. The van der Waals surface area contributed by atoms with E-state index >= 15 is 0 Å². The highest BCUT2D eigenvalue weighted by Crippen LogP contribution is 1.96. The van der Waals surface area contributed by atoms with Gasteiger partial charge in [0.15, 0.2) is 0 Å². The summed E-state index contributed by atoms with van der Waals surface area (Å²) in [6, 6.07) is 7.40. The van der Waals surface area contributed by atoms with Crippen molar-refractivity contribution in [3.8, 4) is 0 Å². The summed E-state index contributed by atoms with van der Waals surface area (Å²) >= 11 is 5.34. The van der Waals surface area contributed by atoms with Crippen LogP contribution in [0, 0.1) is 0 Å². The number of rotatable bonds is 0. The summed E-state index contributed by atoms with van der Waals surface area (Å²) in [7, 11) is 0. The summed E-state index contributed by atoms with van der Waals surface area (Å²) in [4.78, 5) is 3.78. The number of hydrogen-bond acceptors (Lipinski definition) is 2. The first-order chi connectivity index (χ1) is 5.89. The van der Waals surface area contributed by atoms with Gasteiger partial charge in [-0.25, -0.2) is 0 Å². The molecule has 3 nitrogen and oxygen atoms in total. The van der Waals surface area contributed by atoms with E-state index in [2.05, 4.69) is 15.2 Å². The number of nitrogens with zero attached hydrogens (tertiary/aromatic N) is 2. The van der Waals surface area contributed by atoms with Gasteiger partial charge in [0, 0.05) is 12.4 Å². The van der Waals surface area contributed by atoms with Crippen molar-refractivity contribution in [3.05, 3.63) is 48.0 Å². The molecule has 2 aromatic heterocycles. The molecule has 1 N–H and O–H groups in total. The van der Waals surface area contributed by atoms with E-state index in [1.54, 1.807) is 24.7 Å². The molecule has 2 heterocycles. The normalized spacial score (nSPS) is 8.42. The maximum absolute atomic E-state index is 5.34. The number of aromatic amines is 1. The molecule has 0 saturated heterocycles. The molecule has 0 amide bonds. The van der Waals surface area contributed by atoms with Crippen molar-refractivity contribution in [2.75, 3.05) is 0 Å². The van der Waals surface area contributed by atoms with Gasteiger partial charge in [-0.1, -0.05) is 17.7 Å². The third-order valence-corrected chi connectivity index (χ3v) is 1.24. The molecule has 0 spiro atoms. The van der Waals surface area contributed by atoms with Crippen molar-refractivity contribution in [1.82, 2.24) is 15.2 Å². The van der Waals surface area contributed by atoms with Gasteiger partial charge in [-0.2, -0.15) is 5.10 Å². The lowest BCUT2D eigenvalue weighted by atomic mass is 10.5. The Hall–Kier alpha value is -1.35. The molecule has 0 unspecified atom stereocenters. The average molecular weight is 182 g/mol. The van der Waals surface area contributed by atoms with Crippen molar-refractivity contribution in [2.45, 2.75) is 0 Å². The number of nitrogens with one attached hydrogen (secondary N) is 1. The third-order valence-electron chi connectivity index (χ3n) is 1.03. The van der Waals surface area contributed by atoms with Gasteiger partial charge in [0.2, 0.25) is 0 Å². The van der Waals surface area contributed by atoms with Crippen LogP contribution in [0.3, 0.4) is 0 Å². The number of halogens is 1. The van der Waals surface area contributed by atoms with Crippen LogP contribution in [0.15, 0.2) is 42.9 Å². The van der Waals surface area contributed by atoms with Crippen molar-refractivity contribution in [1.29, 1.82) is 0 Å². The van der Waals surface area contributed by atoms with Crippen LogP contribution in [0.1, 0.15) is 0 Å². The van der Waals surface area contributed by atoms with E-state index in [-0.39, 0.29) is 0 Å². The molecule has 4 heteroatoms. The van der Waals surface area contributed by atoms with Crippen molar-refractivity contribution >= 4 is 11.6 Å². The summed E-state index contributed by atoms with van der Waals surface area (Å²) in [6.07, 6.45) is 5.10. The van der Waals surface area contributed by atoms with Gasteiger partial charge < -0.3 is 0 Å². The third kappa shape index (κ3) is 3.73. The zero-order valence-electron chi connectivity index (χ0n) is 6.31. The molecule has 0 aromatic carbocycles. The molecule has 0 aliphatic heterocycles. The Morgan fingerprint density at radius 2 is 1.83 bits per heavy atom. The SMILES string of the molecule is Clc1ccn[nH]1.c1ccncc1. The standard InChI is InChI=1S/C5H5N.C3H3ClN2/c1-2-4-6-5-3-1;4-3-1-2-5-6-3/h1-5H;1-2H,(H,5,6). The van der Waals surface area contributed by atoms with E-state index in [1.807, 2.05) is 18.2 Å². The molecular weight excluding hydrogens is 174 g/mol. The summed E-state index contributed by atoms with van der Waals surface area (Å²) < 4.78 is 0. The molecule has 0 aliphatic rings. The maximum Gasteiger partial charge on any atom is 0.124 e. The predicted molar refractivity (Wildman–Crippen MR) is 47.8 cm³/mol. The second-order valence-electron chi connectivity index (χ2n) is 1.93. The Balaban J connectivity index is 0.000000120. The first kappa shape index (κ1) is 8.74. The average Bonchev–Trinajstić information content (AvgIpc) is 2.60. The van der Waals surface area contributed by atoms with Gasteiger partial charge in [0.1, 0.15) is 5.15 Å². The van der Waals surface area contributed by atoms with Crippen LogP contribution >= 0.6 is 11.6 Å². The van der Waals surface area contributed by atoms with Crippen LogP contribution in [-0.4, -0.2) is 15.2 Å². The van der Waals surface area contributed by atoms with E-state index in [9.17, 15) is 0 Å². The minimum absolute atomic E-state index is 0.579. The van der Waals surface area contributed by atoms with Gasteiger partial charge in [-0.3, -0.25) is 10.1 Å². The highest BCUT2D eigenvalue weighted by molar-refractivity contribution is 6.29. The highest BCUT2D eigenvalue weighted by Gasteiger charge is 1.77. The van der Waals surface area contributed by atoms with Gasteiger partial charge in [0.05, 0.1) is 6.20 Å². The number of pyridine rings is 1. The molecule has 0 fully saturated rings. The van der Waals surface area contributed by atoms with Crippen LogP contribution in [0.2, 0.25) is 5.15 Å². The first-order valence-electron chi connectivity index (χ1n) is 3.39. The van der Waals surface area contributed by atoms with E-state index in [4.69, 9.17) is 11.6 Å². The summed E-state index contributed by atoms with van der Waals surface area (Å²) in [5, 5.41) is 6.66. The molecule has 2 aromatic rings. The van der Waals surface area contributed by atoms with Crippen LogP contribution in [0.5, 0.6) is 0 Å². The van der Waals surface area contributed by atoms with Crippen LogP contribution < -0.4 is 0 Å². The molecule has 62 valence electrons. The van der Waals surface area contributed by atoms with Crippen molar-refractivity contribution in [2.24, 2.45) is 0 Å². The molecule has 12 heavy (non-hydrogen) atoms. The molecule has 0 aliphatic carbocycles. The Morgan fingerprint density at radius 3 is 2.00 bits per heavy atom. The van der Waals surface area contributed by atoms with Crippen molar-refractivity contribution in [3.63, 3.8) is 0 Å². The number of aromatic nitrogens is 3. The molecule has 0 saturated carbocycles. The molecule has 0 atom stereocenters. The van der Waals surface area contributed by atoms with Gasteiger partial charge in [-0.15, -0.1) is 0 Å². The van der Waals surface area contributed by atoms with E-state index in [0.717, 1.165) is 0 Å². The zero-order chi connectivity index (χ0) is 8.65. The largest absolute Gasteiger partial charge is 0.267 e. The Bertz CT molecular complexity index is 254. The summed E-state index contributed by atoms with van der Waals surface area (Å²) in [6.45, 7) is 0. The number of hydrogen-bond donors (Lipinski definition) is 1. The quantitative estimate of drug-likeness (QED) is 0.677. The summed E-state index contributed by atoms with van der Waals surface area (Å²) in [5.74, 6) is 0. The second kappa shape index (κ2) is 5.32. The smallest absolute Gasteiger partial charge is 0.124 e. The minimum atomic E-state index is 0.579. The lowest BCUT2D eigenvalue weighted by molar-refractivity contribution is 1.09. The highest BCUT2D eigenvalue weighted by atomic mass is 35.5. The van der Waals surface area contributed by atoms with Crippen LogP contribution in [-0.2, 0) is 0 Å². The fourth-order valence-corrected chi connectivity index (χ4v) is 0.657. The fraction of sp³-hybridized carbons (Fsp3) is 0. The van der Waals surface area contributed by atoms with Crippen LogP contribution in [0.4, 0.5) is 0 Å². The number of H-pyrrole nitrogens is 1. The maximum atomic E-state index is 5.34. The monoisotopic (exact) mass is 181 g/mol. The lowest BCUT2D eigenvalue weighted by Crippen LogP contribution is -1.58. The van der Waals surface area contributed by atoms with Gasteiger partial charge >= 0.3 is 0 Å². The van der Waals surface area contributed by atoms with E-state index in [1.165, 1.54) is 0 Å². The Labute approximate surface area is 75.4 Å². The minimum Gasteiger partial charge on any atom is -0.267 e. The van der Waals surface area contributed by atoms with Gasteiger partial charge in [-0.05, 0) is 18.2 Å². The van der Waals surface area contributed by atoms with Crippen LogP contribution in [0.25, 0.3) is 0 Å².